The number of sulfonamides is 1. The van der Waals surface area contributed by atoms with Crippen LogP contribution in [0.1, 0.15) is 46.1 Å². The molecular weight excluding hydrogens is 350 g/mol. The van der Waals surface area contributed by atoms with Crippen LogP contribution < -0.4 is 10.6 Å². The number of carbonyl (C=O) groups excluding carboxylic acids is 1. The van der Waals surface area contributed by atoms with E-state index in [1.807, 2.05) is 12.1 Å². The highest BCUT2D eigenvalue weighted by Gasteiger charge is 2.32. The van der Waals surface area contributed by atoms with Gasteiger partial charge in [0.15, 0.2) is 0 Å². The third-order valence-corrected chi connectivity index (χ3v) is 6.68. The largest absolute Gasteiger partial charge is 0.355 e. The standard InChI is InChI=1S/C19H31N3O3S/c1-15(23)21-12-13-22(17-8-10-20-11-9-17)26(24,25)18-7-5-6-16(14-18)19(2,3)4/h5-7,14,17,20H,8-13H2,1-4H3,(H,21,23). The molecule has 0 aliphatic carbocycles. The van der Waals surface area contributed by atoms with Gasteiger partial charge in [-0.1, -0.05) is 32.9 Å². The first-order valence-corrected chi connectivity index (χ1v) is 10.6. The average molecular weight is 382 g/mol. The molecule has 7 heteroatoms. The molecule has 1 amide bonds. The summed E-state index contributed by atoms with van der Waals surface area (Å²) < 4.78 is 28.3. The molecule has 2 rings (SSSR count). The molecule has 0 radical (unpaired) electrons. The van der Waals surface area contributed by atoms with Crippen molar-refractivity contribution < 1.29 is 13.2 Å². The third-order valence-electron chi connectivity index (χ3n) is 4.73. The number of carbonyl (C=O) groups is 1. The van der Waals surface area contributed by atoms with Gasteiger partial charge in [-0.25, -0.2) is 8.42 Å². The summed E-state index contributed by atoms with van der Waals surface area (Å²) in [6.45, 7) is 9.86. The predicted molar refractivity (Wildman–Crippen MR) is 104 cm³/mol. The second-order valence-corrected chi connectivity index (χ2v) is 9.75. The number of rotatable bonds is 6. The summed E-state index contributed by atoms with van der Waals surface area (Å²) in [4.78, 5) is 11.5. The van der Waals surface area contributed by atoms with E-state index in [0.29, 0.717) is 11.4 Å². The lowest BCUT2D eigenvalue weighted by atomic mass is 9.87. The minimum absolute atomic E-state index is 0.0479. The quantitative estimate of drug-likeness (QED) is 0.788. The van der Waals surface area contributed by atoms with Crippen molar-refractivity contribution in [3.05, 3.63) is 29.8 Å². The maximum absolute atomic E-state index is 13.4. The Balaban J connectivity index is 2.33. The Morgan fingerprint density at radius 1 is 1.27 bits per heavy atom. The van der Waals surface area contributed by atoms with Crippen molar-refractivity contribution in [3.8, 4) is 0 Å². The van der Waals surface area contributed by atoms with Crippen molar-refractivity contribution in [3.63, 3.8) is 0 Å². The lowest BCUT2D eigenvalue weighted by molar-refractivity contribution is -0.119. The molecule has 0 saturated carbocycles. The molecular formula is C19H31N3O3S. The smallest absolute Gasteiger partial charge is 0.243 e. The highest BCUT2D eigenvalue weighted by molar-refractivity contribution is 7.89. The van der Waals surface area contributed by atoms with Crippen LogP contribution in [0.3, 0.4) is 0 Å². The van der Waals surface area contributed by atoms with Gasteiger partial charge in [-0.3, -0.25) is 4.79 Å². The Morgan fingerprint density at radius 3 is 2.50 bits per heavy atom. The summed E-state index contributed by atoms with van der Waals surface area (Å²) in [5.41, 5.74) is 0.868. The first-order chi connectivity index (χ1) is 12.1. The molecule has 26 heavy (non-hydrogen) atoms. The molecule has 1 saturated heterocycles. The molecule has 1 aromatic carbocycles. The fourth-order valence-electron chi connectivity index (χ4n) is 3.19. The molecule has 0 atom stereocenters. The summed E-state index contributed by atoms with van der Waals surface area (Å²) >= 11 is 0. The molecule has 1 fully saturated rings. The van der Waals surface area contributed by atoms with E-state index in [1.165, 1.54) is 6.92 Å². The molecule has 1 aliphatic heterocycles. The topological polar surface area (TPSA) is 78.5 Å². The Bertz CT molecular complexity index is 720. The first kappa shape index (κ1) is 20.9. The zero-order valence-corrected chi connectivity index (χ0v) is 17.0. The van der Waals surface area contributed by atoms with Gasteiger partial charge in [-0.15, -0.1) is 0 Å². The van der Waals surface area contributed by atoms with Gasteiger partial charge in [0.05, 0.1) is 4.90 Å². The monoisotopic (exact) mass is 381 g/mol. The fourth-order valence-corrected chi connectivity index (χ4v) is 4.93. The number of amides is 1. The molecule has 1 aromatic rings. The van der Waals surface area contributed by atoms with Crippen molar-refractivity contribution in [2.24, 2.45) is 0 Å². The molecule has 1 heterocycles. The van der Waals surface area contributed by atoms with E-state index < -0.39 is 10.0 Å². The number of hydrogen-bond acceptors (Lipinski definition) is 4. The molecule has 6 nitrogen and oxygen atoms in total. The molecule has 1 aliphatic rings. The van der Waals surface area contributed by atoms with Gasteiger partial charge >= 0.3 is 0 Å². The maximum atomic E-state index is 13.4. The molecule has 146 valence electrons. The van der Waals surface area contributed by atoms with Crippen molar-refractivity contribution in [2.75, 3.05) is 26.2 Å². The first-order valence-electron chi connectivity index (χ1n) is 9.20. The van der Waals surface area contributed by atoms with Gasteiger partial charge in [-0.2, -0.15) is 4.31 Å². The summed E-state index contributed by atoms with van der Waals surface area (Å²) in [5, 5.41) is 5.99. The van der Waals surface area contributed by atoms with Crippen LogP contribution in [-0.2, 0) is 20.2 Å². The van der Waals surface area contributed by atoms with E-state index >= 15 is 0 Å². The molecule has 0 bridgehead atoms. The maximum Gasteiger partial charge on any atom is 0.243 e. The average Bonchev–Trinajstić information content (AvgIpc) is 2.58. The van der Waals surface area contributed by atoms with Crippen LogP contribution in [0, 0.1) is 0 Å². The zero-order valence-electron chi connectivity index (χ0n) is 16.2. The van der Waals surface area contributed by atoms with Gasteiger partial charge < -0.3 is 10.6 Å². The van der Waals surface area contributed by atoms with Gasteiger partial charge in [-0.05, 0) is 49.0 Å². The van der Waals surface area contributed by atoms with E-state index in [2.05, 4.69) is 31.4 Å². The van der Waals surface area contributed by atoms with Crippen molar-refractivity contribution >= 4 is 15.9 Å². The normalized spacial score (nSPS) is 16.7. The van der Waals surface area contributed by atoms with Gasteiger partial charge in [0.1, 0.15) is 0 Å². The number of piperidine rings is 1. The molecule has 0 spiro atoms. The number of nitrogens with zero attached hydrogens (tertiary/aromatic N) is 1. The van der Waals surface area contributed by atoms with Crippen LogP contribution in [-0.4, -0.2) is 50.9 Å². The van der Waals surface area contributed by atoms with Gasteiger partial charge in [0.25, 0.3) is 0 Å². The van der Waals surface area contributed by atoms with Gasteiger partial charge in [0.2, 0.25) is 15.9 Å². The third kappa shape index (κ3) is 5.28. The number of benzene rings is 1. The number of hydrogen-bond donors (Lipinski definition) is 2. The number of nitrogens with one attached hydrogen (secondary N) is 2. The molecule has 0 aromatic heterocycles. The highest BCUT2D eigenvalue weighted by Crippen LogP contribution is 2.27. The predicted octanol–water partition coefficient (Wildman–Crippen LogP) is 1.86. The summed E-state index contributed by atoms with van der Waals surface area (Å²) in [6, 6.07) is 7.17. The van der Waals surface area contributed by atoms with Crippen LogP contribution >= 0.6 is 0 Å². The lowest BCUT2D eigenvalue weighted by Gasteiger charge is -2.34. The van der Waals surface area contributed by atoms with Crippen molar-refractivity contribution in [2.45, 2.75) is 56.9 Å². The summed E-state index contributed by atoms with van der Waals surface area (Å²) in [5.74, 6) is -0.151. The fraction of sp³-hybridized carbons (Fsp3) is 0.632. The Morgan fingerprint density at radius 2 is 1.92 bits per heavy atom. The van der Waals surface area contributed by atoms with Gasteiger partial charge in [0, 0.05) is 26.1 Å². The van der Waals surface area contributed by atoms with Crippen LogP contribution in [0.25, 0.3) is 0 Å². The molecule has 0 unspecified atom stereocenters. The minimum atomic E-state index is -3.63. The second-order valence-electron chi connectivity index (χ2n) is 7.86. The van der Waals surface area contributed by atoms with Crippen molar-refractivity contribution in [1.29, 1.82) is 0 Å². The van der Waals surface area contributed by atoms with Crippen LogP contribution in [0.4, 0.5) is 0 Å². The second kappa shape index (κ2) is 8.50. The lowest BCUT2D eigenvalue weighted by Crippen LogP contribution is -2.48. The van der Waals surface area contributed by atoms with Crippen LogP contribution in [0.15, 0.2) is 29.2 Å². The highest BCUT2D eigenvalue weighted by atomic mass is 32.2. The van der Waals surface area contributed by atoms with Crippen LogP contribution in [0.5, 0.6) is 0 Å². The SMILES string of the molecule is CC(=O)NCCN(C1CCNCC1)S(=O)(=O)c1cccc(C(C)(C)C)c1. The summed E-state index contributed by atoms with van der Waals surface area (Å²) in [7, 11) is -3.63. The molecule has 2 N–H and O–H groups in total. The summed E-state index contributed by atoms with van der Waals surface area (Å²) in [6.07, 6.45) is 1.55. The van der Waals surface area contributed by atoms with E-state index in [1.54, 1.807) is 16.4 Å². The zero-order chi connectivity index (χ0) is 19.4. The van der Waals surface area contributed by atoms with E-state index in [-0.39, 0.29) is 23.9 Å². The Hall–Kier alpha value is -1.44. The van der Waals surface area contributed by atoms with E-state index in [4.69, 9.17) is 0 Å². The minimum Gasteiger partial charge on any atom is -0.355 e. The van der Waals surface area contributed by atoms with Crippen LogP contribution in [0.2, 0.25) is 0 Å². The van der Waals surface area contributed by atoms with E-state index in [9.17, 15) is 13.2 Å². The Labute approximate surface area is 157 Å². The van der Waals surface area contributed by atoms with E-state index in [0.717, 1.165) is 31.5 Å². The Kier molecular flexibility index (Phi) is 6.82. The van der Waals surface area contributed by atoms with Crippen molar-refractivity contribution in [1.82, 2.24) is 14.9 Å².